The van der Waals surface area contributed by atoms with Gasteiger partial charge in [0.2, 0.25) is 0 Å². The predicted molar refractivity (Wildman–Crippen MR) is 96.5 cm³/mol. The molecule has 0 amide bonds. The van der Waals surface area contributed by atoms with Crippen LogP contribution in [0.3, 0.4) is 0 Å². The molecule has 5 heteroatoms. The van der Waals surface area contributed by atoms with Crippen LogP contribution in [0.4, 0.5) is 5.69 Å². The lowest BCUT2D eigenvalue weighted by molar-refractivity contribution is -0.384. The lowest BCUT2D eigenvalue weighted by Gasteiger charge is -2.29. The lowest BCUT2D eigenvalue weighted by atomic mass is 9.70. The topological polar surface area (TPSA) is 66.9 Å². The van der Waals surface area contributed by atoms with Crippen LogP contribution in [-0.2, 0) is 5.41 Å². The number of benzene rings is 3. The molecule has 0 spiro atoms. The van der Waals surface area contributed by atoms with Gasteiger partial charge in [0.05, 0.1) is 16.0 Å². The third-order valence-corrected chi connectivity index (χ3v) is 4.46. The van der Waals surface area contributed by atoms with E-state index in [0.717, 1.165) is 11.1 Å². The highest BCUT2D eigenvalue weighted by Gasteiger charge is 2.38. The zero-order chi connectivity index (χ0) is 17.9. The van der Waals surface area contributed by atoms with Crippen molar-refractivity contribution in [1.82, 2.24) is 0 Å². The quantitative estimate of drug-likeness (QED) is 0.374. The fourth-order valence-corrected chi connectivity index (χ4v) is 3.28. The summed E-state index contributed by atoms with van der Waals surface area (Å²) in [6.07, 6.45) is 0. The van der Waals surface area contributed by atoms with Gasteiger partial charge in [-0.3, -0.25) is 10.1 Å². The number of halogens is 1. The first-order chi connectivity index (χ1) is 12.1. The summed E-state index contributed by atoms with van der Waals surface area (Å²) in [5.41, 5.74) is 0.745. The highest BCUT2D eigenvalue weighted by Crippen LogP contribution is 2.42. The zero-order valence-corrected chi connectivity index (χ0v) is 13.9. The van der Waals surface area contributed by atoms with Gasteiger partial charge in [-0.2, -0.15) is 5.26 Å². The summed E-state index contributed by atoms with van der Waals surface area (Å²) in [5.74, 6) is 0. The van der Waals surface area contributed by atoms with Gasteiger partial charge in [0.25, 0.3) is 5.69 Å². The molecule has 3 aromatic carbocycles. The third kappa shape index (κ3) is 2.86. The Hall–Kier alpha value is -3.16. The zero-order valence-electron chi connectivity index (χ0n) is 13.1. The monoisotopic (exact) mass is 348 g/mol. The Morgan fingerprint density at radius 1 is 0.920 bits per heavy atom. The van der Waals surface area contributed by atoms with Crippen LogP contribution < -0.4 is 0 Å². The van der Waals surface area contributed by atoms with E-state index >= 15 is 0 Å². The molecule has 0 bridgehead atoms. The van der Waals surface area contributed by atoms with Crippen LogP contribution in [0.5, 0.6) is 0 Å². The molecule has 0 saturated heterocycles. The second-order valence-corrected chi connectivity index (χ2v) is 5.92. The summed E-state index contributed by atoms with van der Waals surface area (Å²) < 4.78 is 0. The van der Waals surface area contributed by atoms with Gasteiger partial charge in [-0.25, -0.2) is 0 Å². The molecule has 0 aliphatic rings. The number of nitrogens with zero attached hydrogens (tertiary/aromatic N) is 2. The smallest absolute Gasteiger partial charge is 0.258 e. The minimum atomic E-state index is -1.16. The van der Waals surface area contributed by atoms with E-state index in [9.17, 15) is 15.4 Å². The molecular weight excluding hydrogens is 336 g/mol. The van der Waals surface area contributed by atoms with E-state index in [2.05, 4.69) is 6.07 Å². The van der Waals surface area contributed by atoms with E-state index in [0.29, 0.717) is 5.56 Å². The number of hydrogen-bond donors (Lipinski definition) is 0. The van der Waals surface area contributed by atoms with Gasteiger partial charge >= 0.3 is 0 Å². The summed E-state index contributed by atoms with van der Waals surface area (Å²) in [4.78, 5) is 10.5. The summed E-state index contributed by atoms with van der Waals surface area (Å²) in [6, 6.07) is 25.2. The number of nitro groups is 1. The average molecular weight is 349 g/mol. The molecule has 0 fully saturated rings. The fraction of sp³-hybridized carbons (Fsp3) is 0.0500. The maximum atomic E-state index is 11.0. The normalized spacial score (nSPS) is 10.9. The first-order valence-electron chi connectivity index (χ1n) is 7.56. The van der Waals surface area contributed by atoms with Crippen molar-refractivity contribution in [1.29, 1.82) is 5.26 Å². The fourth-order valence-electron chi connectivity index (χ4n) is 2.97. The number of hydrogen-bond acceptors (Lipinski definition) is 3. The molecule has 0 heterocycles. The van der Waals surface area contributed by atoms with Crippen molar-refractivity contribution in [3.63, 3.8) is 0 Å². The first-order valence-corrected chi connectivity index (χ1v) is 7.94. The van der Waals surface area contributed by atoms with Gasteiger partial charge in [0, 0.05) is 17.7 Å². The largest absolute Gasteiger partial charge is 0.270 e. The molecule has 3 aromatic rings. The number of non-ortho nitro benzene ring substituents is 1. The summed E-state index contributed by atoms with van der Waals surface area (Å²) in [5, 5.41) is 21.4. The molecule has 122 valence electrons. The first kappa shape index (κ1) is 16.7. The molecule has 4 nitrogen and oxygen atoms in total. The van der Waals surface area contributed by atoms with Gasteiger partial charge in [-0.15, -0.1) is 0 Å². The SMILES string of the molecule is N#CC(c1ccccc1)(c1ccccc1)c1ccc([N+](=O)[O-])cc1Cl. The van der Waals surface area contributed by atoms with Gasteiger partial charge in [0.15, 0.2) is 0 Å². The Labute approximate surface area is 150 Å². The summed E-state index contributed by atoms with van der Waals surface area (Å²) >= 11 is 6.38. The average Bonchev–Trinajstić information content (AvgIpc) is 2.65. The van der Waals surface area contributed by atoms with Crippen LogP contribution in [0.15, 0.2) is 78.9 Å². The van der Waals surface area contributed by atoms with Gasteiger partial charge in [-0.1, -0.05) is 72.3 Å². The number of rotatable bonds is 4. The molecule has 0 N–H and O–H groups in total. The second-order valence-electron chi connectivity index (χ2n) is 5.52. The molecule has 0 aliphatic carbocycles. The van der Waals surface area contributed by atoms with Gasteiger partial charge < -0.3 is 0 Å². The molecule has 0 aliphatic heterocycles. The van der Waals surface area contributed by atoms with Crippen molar-refractivity contribution < 1.29 is 4.92 Å². The summed E-state index contributed by atoms with van der Waals surface area (Å²) in [7, 11) is 0. The van der Waals surface area contributed by atoms with Crippen molar-refractivity contribution in [2.24, 2.45) is 0 Å². The van der Waals surface area contributed by atoms with Crippen molar-refractivity contribution in [3.05, 3.63) is 111 Å². The van der Waals surface area contributed by atoms with Crippen molar-refractivity contribution in [2.75, 3.05) is 0 Å². The molecule has 0 atom stereocenters. The Kier molecular flexibility index (Phi) is 4.51. The van der Waals surface area contributed by atoms with E-state index in [-0.39, 0.29) is 10.7 Å². The molecule has 0 radical (unpaired) electrons. The van der Waals surface area contributed by atoms with E-state index < -0.39 is 10.3 Å². The standard InChI is InChI=1S/C20H13ClN2O2/c21-19-13-17(23(24)25)11-12-18(19)20(14-22,15-7-3-1-4-8-15)16-9-5-2-6-10-16/h1-13H. The molecule has 0 saturated carbocycles. The molecule has 0 aromatic heterocycles. The second kappa shape index (κ2) is 6.76. The number of nitro benzene ring substituents is 1. The van der Waals surface area contributed by atoms with Crippen molar-refractivity contribution >= 4 is 17.3 Å². The minimum absolute atomic E-state index is 0.110. The van der Waals surface area contributed by atoms with Crippen LogP contribution in [-0.4, -0.2) is 4.92 Å². The maximum absolute atomic E-state index is 11.0. The Morgan fingerprint density at radius 3 is 1.84 bits per heavy atom. The molecule has 0 unspecified atom stereocenters. The molecule has 3 rings (SSSR count). The van der Waals surface area contributed by atoms with Crippen LogP contribution in [0.2, 0.25) is 5.02 Å². The van der Waals surface area contributed by atoms with E-state index in [1.807, 2.05) is 60.7 Å². The third-order valence-electron chi connectivity index (χ3n) is 4.15. The van der Waals surface area contributed by atoms with Gasteiger partial charge in [-0.05, 0) is 17.2 Å². The van der Waals surface area contributed by atoms with Crippen LogP contribution >= 0.6 is 11.6 Å². The van der Waals surface area contributed by atoms with Crippen LogP contribution in [0, 0.1) is 21.4 Å². The Balaban J connectivity index is 2.34. The predicted octanol–water partition coefficient (Wildman–Crippen LogP) is 5.11. The highest BCUT2D eigenvalue weighted by atomic mass is 35.5. The Morgan fingerprint density at radius 2 is 1.44 bits per heavy atom. The van der Waals surface area contributed by atoms with E-state index in [4.69, 9.17) is 11.6 Å². The highest BCUT2D eigenvalue weighted by molar-refractivity contribution is 6.31. The maximum Gasteiger partial charge on any atom is 0.270 e. The van der Waals surface area contributed by atoms with E-state index in [1.165, 1.54) is 12.1 Å². The van der Waals surface area contributed by atoms with Gasteiger partial charge in [0.1, 0.15) is 5.41 Å². The van der Waals surface area contributed by atoms with Crippen LogP contribution in [0.1, 0.15) is 16.7 Å². The molecular formula is C20H13ClN2O2. The summed E-state index contributed by atoms with van der Waals surface area (Å²) in [6.45, 7) is 0. The van der Waals surface area contributed by atoms with Crippen molar-refractivity contribution in [3.8, 4) is 6.07 Å². The Bertz CT molecular complexity index is 911. The number of nitriles is 1. The van der Waals surface area contributed by atoms with E-state index in [1.54, 1.807) is 6.07 Å². The van der Waals surface area contributed by atoms with Crippen LogP contribution in [0.25, 0.3) is 0 Å². The van der Waals surface area contributed by atoms with Crippen molar-refractivity contribution in [2.45, 2.75) is 5.41 Å². The lowest BCUT2D eigenvalue weighted by Crippen LogP contribution is -2.27. The minimum Gasteiger partial charge on any atom is -0.258 e. The molecule has 25 heavy (non-hydrogen) atoms.